The minimum Gasteiger partial charge on any atom is -0.431 e. The average molecular weight is 341 g/mol. The molecule has 24 heavy (non-hydrogen) atoms. The van der Waals surface area contributed by atoms with Crippen LogP contribution in [0.2, 0.25) is 0 Å². The number of hydrogen-bond donors (Lipinski definition) is 1. The molecule has 0 aliphatic rings. The maximum absolute atomic E-state index is 12.1. The molecule has 3 heterocycles. The Morgan fingerprint density at radius 3 is 2.83 bits per heavy atom. The van der Waals surface area contributed by atoms with E-state index in [9.17, 15) is 4.79 Å². The van der Waals surface area contributed by atoms with E-state index < -0.39 is 0 Å². The van der Waals surface area contributed by atoms with Crippen LogP contribution in [0.15, 0.2) is 63.1 Å². The Bertz CT molecular complexity index is 943. The number of aromatic nitrogens is 4. The van der Waals surface area contributed by atoms with Gasteiger partial charge in [-0.2, -0.15) is 0 Å². The van der Waals surface area contributed by atoms with E-state index in [1.54, 1.807) is 17.0 Å². The molecular formula is C15H11N5O3S. The number of para-hydroxylation sites is 2. The van der Waals surface area contributed by atoms with E-state index in [2.05, 4.69) is 20.6 Å². The topological polar surface area (TPSA) is 99.0 Å². The monoisotopic (exact) mass is 341 g/mol. The molecule has 1 N–H and O–H groups in total. The number of nitrogens with one attached hydrogen (secondary N) is 1. The molecule has 8 nitrogen and oxygen atoms in total. The number of amides is 1. The molecule has 0 fully saturated rings. The molecule has 0 atom stereocenters. The number of rotatable bonds is 5. The maximum Gasteiger partial charge on any atom is 0.257 e. The molecule has 120 valence electrons. The molecule has 9 heteroatoms. The number of oxazole rings is 1. The first kappa shape index (κ1) is 14.5. The Labute approximate surface area is 139 Å². The molecule has 0 unspecified atom stereocenters. The fourth-order valence-corrected chi connectivity index (χ4v) is 2.75. The van der Waals surface area contributed by atoms with Gasteiger partial charge in [-0.05, 0) is 34.6 Å². The van der Waals surface area contributed by atoms with E-state index in [1.165, 1.54) is 11.8 Å². The predicted octanol–water partition coefficient (Wildman–Crippen LogP) is 2.73. The van der Waals surface area contributed by atoms with Crippen molar-refractivity contribution in [1.82, 2.24) is 19.9 Å². The number of nitrogens with zero attached hydrogens (tertiary/aromatic N) is 4. The van der Waals surface area contributed by atoms with Gasteiger partial charge in [0.25, 0.3) is 5.22 Å². The summed E-state index contributed by atoms with van der Waals surface area (Å²) in [4.78, 5) is 16.4. The largest absolute Gasteiger partial charge is 0.431 e. The van der Waals surface area contributed by atoms with Crippen LogP contribution in [-0.2, 0) is 4.79 Å². The summed E-state index contributed by atoms with van der Waals surface area (Å²) in [6.45, 7) is 0. The van der Waals surface area contributed by atoms with Crippen molar-refractivity contribution in [3.8, 4) is 5.82 Å². The minimum absolute atomic E-state index is 0.130. The second kappa shape index (κ2) is 6.20. The van der Waals surface area contributed by atoms with Crippen LogP contribution in [0.3, 0.4) is 0 Å². The van der Waals surface area contributed by atoms with Crippen molar-refractivity contribution in [3.05, 3.63) is 48.8 Å². The van der Waals surface area contributed by atoms with E-state index in [-0.39, 0.29) is 17.5 Å². The van der Waals surface area contributed by atoms with Crippen molar-refractivity contribution in [1.29, 1.82) is 0 Å². The number of hydrogen-bond acceptors (Lipinski definition) is 7. The molecule has 0 bridgehead atoms. The summed E-state index contributed by atoms with van der Waals surface area (Å²) in [5.74, 6) is 0.547. The fraction of sp³-hybridized carbons (Fsp3) is 0.0667. The second-order valence-electron chi connectivity index (χ2n) is 4.81. The molecule has 0 aliphatic heterocycles. The van der Waals surface area contributed by atoms with Gasteiger partial charge < -0.3 is 14.3 Å². The lowest BCUT2D eigenvalue weighted by atomic mass is 10.3. The number of benzene rings is 1. The Hall–Kier alpha value is -3.07. The third-order valence-corrected chi connectivity index (χ3v) is 4.01. The molecule has 3 aromatic heterocycles. The first-order valence-corrected chi connectivity index (χ1v) is 8.02. The number of anilines is 1. The zero-order valence-electron chi connectivity index (χ0n) is 12.2. The average Bonchev–Trinajstić information content (AvgIpc) is 3.32. The normalized spacial score (nSPS) is 11.0. The Morgan fingerprint density at radius 2 is 2.00 bits per heavy atom. The Morgan fingerprint density at radius 1 is 1.17 bits per heavy atom. The van der Waals surface area contributed by atoms with Crippen molar-refractivity contribution < 1.29 is 13.8 Å². The van der Waals surface area contributed by atoms with Gasteiger partial charge in [0.2, 0.25) is 17.5 Å². The van der Waals surface area contributed by atoms with Crippen molar-refractivity contribution >= 4 is 34.6 Å². The number of thioether (sulfide) groups is 1. The third-order valence-electron chi connectivity index (χ3n) is 3.18. The molecule has 0 saturated carbocycles. The second-order valence-corrected chi connectivity index (χ2v) is 5.74. The smallest absolute Gasteiger partial charge is 0.257 e. The van der Waals surface area contributed by atoms with Gasteiger partial charge in [0, 0.05) is 12.4 Å². The third kappa shape index (κ3) is 2.88. The van der Waals surface area contributed by atoms with E-state index in [0.29, 0.717) is 16.6 Å². The molecule has 0 spiro atoms. The quantitative estimate of drug-likeness (QED) is 0.557. The lowest BCUT2D eigenvalue weighted by molar-refractivity contribution is -0.113. The summed E-state index contributed by atoms with van der Waals surface area (Å²) in [6, 6.07) is 11.1. The van der Waals surface area contributed by atoms with Crippen molar-refractivity contribution in [2.45, 2.75) is 5.22 Å². The van der Waals surface area contributed by atoms with Crippen LogP contribution in [-0.4, -0.2) is 31.5 Å². The van der Waals surface area contributed by atoms with Crippen molar-refractivity contribution in [2.24, 2.45) is 0 Å². The Balaban J connectivity index is 1.41. The van der Waals surface area contributed by atoms with Crippen LogP contribution in [0.5, 0.6) is 0 Å². The van der Waals surface area contributed by atoms with Crippen LogP contribution >= 0.6 is 11.8 Å². The van der Waals surface area contributed by atoms with Gasteiger partial charge in [-0.3, -0.25) is 4.79 Å². The first-order valence-electron chi connectivity index (χ1n) is 7.04. The molecule has 1 amide bonds. The van der Waals surface area contributed by atoms with Gasteiger partial charge in [-0.15, -0.1) is 0 Å². The highest BCUT2D eigenvalue weighted by Crippen LogP contribution is 2.23. The molecular weight excluding hydrogens is 330 g/mol. The molecule has 0 radical (unpaired) electrons. The van der Waals surface area contributed by atoms with E-state index in [0.717, 1.165) is 5.52 Å². The molecule has 1 aromatic carbocycles. The van der Waals surface area contributed by atoms with Crippen LogP contribution in [0, 0.1) is 0 Å². The zero-order valence-corrected chi connectivity index (χ0v) is 13.1. The van der Waals surface area contributed by atoms with Gasteiger partial charge in [0.15, 0.2) is 5.58 Å². The van der Waals surface area contributed by atoms with Crippen molar-refractivity contribution in [2.75, 3.05) is 11.1 Å². The fourth-order valence-electron chi connectivity index (χ4n) is 2.12. The van der Waals surface area contributed by atoms with Crippen LogP contribution < -0.4 is 5.32 Å². The van der Waals surface area contributed by atoms with Gasteiger partial charge in [0.1, 0.15) is 5.52 Å². The predicted molar refractivity (Wildman–Crippen MR) is 87.0 cm³/mol. The highest BCUT2D eigenvalue weighted by Gasteiger charge is 2.15. The minimum atomic E-state index is -0.258. The SMILES string of the molecule is O=C(CSc1nc2ccccc2o1)Nc1nonc1-n1cccc1. The van der Waals surface area contributed by atoms with Gasteiger partial charge in [0.05, 0.1) is 5.75 Å². The summed E-state index contributed by atoms with van der Waals surface area (Å²) >= 11 is 1.20. The van der Waals surface area contributed by atoms with Crippen LogP contribution in [0.4, 0.5) is 5.82 Å². The standard InChI is InChI=1S/C15H11N5O3S/c21-12(9-24-15-16-10-5-1-2-6-11(10)22-15)17-13-14(19-23-18-13)20-7-3-4-8-20/h1-8H,9H2,(H,17,18,21). The van der Waals surface area contributed by atoms with E-state index in [4.69, 9.17) is 9.05 Å². The van der Waals surface area contributed by atoms with Crippen LogP contribution in [0.25, 0.3) is 16.9 Å². The summed E-state index contributed by atoms with van der Waals surface area (Å²) in [6.07, 6.45) is 3.56. The highest BCUT2D eigenvalue weighted by molar-refractivity contribution is 7.99. The number of carbonyl (C=O) groups excluding carboxylic acids is 1. The number of carbonyl (C=O) groups is 1. The summed E-state index contributed by atoms with van der Waals surface area (Å²) in [5.41, 5.74) is 1.45. The summed E-state index contributed by atoms with van der Waals surface area (Å²) in [5, 5.41) is 10.6. The highest BCUT2D eigenvalue weighted by atomic mass is 32.2. The molecule has 4 rings (SSSR count). The van der Waals surface area contributed by atoms with E-state index >= 15 is 0 Å². The summed E-state index contributed by atoms with van der Waals surface area (Å²) < 4.78 is 12.0. The molecule has 0 aliphatic carbocycles. The van der Waals surface area contributed by atoms with Gasteiger partial charge >= 0.3 is 0 Å². The lowest BCUT2D eigenvalue weighted by Crippen LogP contribution is -2.15. The maximum atomic E-state index is 12.1. The van der Waals surface area contributed by atoms with Gasteiger partial charge in [-0.1, -0.05) is 23.9 Å². The van der Waals surface area contributed by atoms with E-state index in [1.807, 2.05) is 36.4 Å². The van der Waals surface area contributed by atoms with Crippen molar-refractivity contribution in [3.63, 3.8) is 0 Å². The molecule has 4 aromatic rings. The Kier molecular flexibility index (Phi) is 3.75. The molecule has 0 saturated heterocycles. The summed E-state index contributed by atoms with van der Waals surface area (Å²) in [7, 11) is 0. The lowest BCUT2D eigenvalue weighted by Gasteiger charge is -2.02. The van der Waals surface area contributed by atoms with Gasteiger partial charge in [-0.25, -0.2) is 9.61 Å². The number of fused-ring (bicyclic) bond motifs is 1. The van der Waals surface area contributed by atoms with Crippen LogP contribution in [0.1, 0.15) is 0 Å². The first-order chi connectivity index (χ1) is 11.8. The zero-order chi connectivity index (χ0) is 16.4.